The first-order chi connectivity index (χ1) is 5.93. The van der Waals surface area contributed by atoms with Crippen LogP contribution in [0.15, 0.2) is 26.3 Å². The smallest absolute Gasteiger partial charge is 0.275 e. The standard InChI is InChI=1S/C7H10BrNO3S/c1-5(2)9-13(10,11)7-6(8)3-4-12-7/h3-5,9H,1-2H3. The van der Waals surface area contributed by atoms with Gasteiger partial charge in [-0.2, -0.15) is 0 Å². The van der Waals surface area contributed by atoms with Gasteiger partial charge in [-0.05, 0) is 35.8 Å². The Bertz CT molecular complexity index is 382. The van der Waals surface area contributed by atoms with Crippen LogP contribution in [-0.2, 0) is 10.0 Å². The zero-order valence-corrected chi connectivity index (χ0v) is 9.65. The highest BCUT2D eigenvalue weighted by Crippen LogP contribution is 2.22. The lowest BCUT2D eigenvalue weighted by Crippen LogP contribution is -2.30. The van der Waals surface area contributed by atoms with Crippen molar-refractivity contribution in [1.29, 1.82) is 0 Å². The minimum absolute atomic E-state index is 0.0822. The molecule has 4 nitrogen and oxygen atoms in total. The molecule has 0 aliphatic carbocycles. The molecule has 0 spiro atoms. The largest absolute Gasteiger partial charge is 0.451 e. The van der Waals surface area contributed by atoms with Crippen LogP contribution >= 0.6 is 15.9 Å². The van der Waals surface area contributed by atoms with Gasteiger partial charge < -0.3 is 4.42 Å². The van der Waals surface area contributed by atoms with Crippen LogP contribution in [0.25, 0.3) is 0 Å². The molecular formula is C7H10BrNO3S. The average Bonchev–Trinajstić information content (AvgIpc) is 2.32. The first-order valence-electron chi connectivity index (χ1n) is 3.69. The number of rotatable bonds is 3. The molecular weight excluding hydrogens is 258 g/mol. The van der Waals surface area contributed by atoms with Crippen molar-refractivity contribution >= 4 is 26.0 Å². The maximum absolute atomic E-state index is 11.5. The molecule has 0 saturated carbocycles. The first-order valence-corrected chi connectivity index (χ1v) is 5.96. The van der Waals surface area contributed by atoms with Crippen molar-refractivity contribution in [3.8, 4) is 0 Å². The Morgan fingerprint density at radius 2 is 2.15 bits per heavy atom. The van der Waals surface area contributed by atoms with E-state index in [0.717, 1.165) is 0 Å². The monoisotopic (exact) mass is 267 g/mol. The van der Waals surface area contributed by atoms with Gasteiger partial charge in [-0.25, -0.2) is 13.1 Å². The van der Waals surface area contributed by atoms with Crippen LogP contribution in [0.3, 0.4) is 0 Å². The summed E-state index contributed by atoms with van der Waals surface area (Å²) in [4.78, 5) is 0. The molecule has 13 heavy (non-hydrogen) atoms. The van der Waals surface area contributed by atoms with Crippen LogP contribution in [0, 0.1) is 0 Å². The van der Waals surface area contributed by atoms with Crippen molar-refractivity contribution in [2.45, 2.75) is 25.0 Å². The third-order valence-electron chi connectivity index (χ3n) is 1.22. The second-order valence-electron chi connectivity index (χ2n) is 2.83. The number of halogens is 1. The fourth-order valence-electron chi connectivity index (χ4n) is 0.835. The van der Waals surface area contributed by atoms with E-state index in [1.807, 2.05) is 0 Å². The zero-order valence-electron chi connectivity index (χ0n) is 7.24. The fraction of sp³-hybridized carbons (Fsp3) is 0.429. The number of nitrogens with one attached hydrogen (secondary N) is 1. The van der Waals surface area contributed by atoms with Crippen molar-refractivity contribution in [3.05, 3.63) is 16.8 Å². The summed E-state index contributed by atoms with van der Waals surface area (Å²) < 4.78 is 30.7. The van der Waals surface area contributed by atoms with E-state index in [2.05, 4.69) is 20.7 Å². The molecule has 0 unspecified atom stereocenters. The topological polar surface area (TPSA) is 59.3 Å². The molecule has 1 N–H and O–H groups in total. The van der Waals surface area contributed by atoms with Gasteiger partial charge in [-0.15, -0.1) is 0 Å². The molecule has 0 bridgehead atoms. The van der Waals surface area contributed by atoms with Gasteiger partial charge in [-0.1, -0.05) is 0 Å². The quantitative estimate of drug-likeness (QED) is 0.908. The van der Waals surface area contributed by atoms with Gasteiger partial charge >= 0.3 is 0 Å². The molecule has 0 radical (unpaired) electrons. The number of furan rings is 1. The second-order valence-corrected chi connectivity index (χ2v) is 5.30. The van der Waals surface area contributed by atoms with Gasteiger partial charge in [0.2, 0.25) is 5.09 Å². The van der Waals surface area contributed by atoms with E-state index in [0.29, 0.717) is 4.47 Å². The highest BCUT2D eigenvalue weighted by Gasteiger charge is 2.21. The maximum atomic E-state index is 11.5. The van der Waals surface area contributed by atoms with Gasteiger partial charge in [0.1, 0.15) is 0 Å². The van der Waals surface area contributed by atoms with Gasteiger partial charge in [0.25, 0.3) is 10.0 Å². The summed E-state index contributed by atoms with van der Waals surface area (Å²) in [6.45, 7) is 3.49. The summed E-state index contributed by atoms with van der Waals surface area (Å²) in [6.07, 6.45) is 1.32. The predicted octanol–water partition coefficient (Wildman–Crippen LogP) is 1.73. The van der Waals surface area contributed by atoms with Gasteiger partial charge in [0, 0.05) is 6.04 Å². The molecule has 0 amide bonds. The Morgan fingerprint density at radius 3 is 2.54 bits per heavy atom. The minimum atomic E-state index is -3.51. The van der Waals surface area contributed by atoms with E-state index < -0.39 is 10.0 Å². The lowest BCUT2D eigenvalue weighted by molar-refractivity contribution is 0.440. The molecule has 0 saturated heterocycles. The first kappa shape index (κ1) is 10.7. The molecule has 1 heterocycles. The summed E-state index contributed by atoms with van der Waals surface area (Å²) in [6, 6.07) is 1.39. The number of hydrogen-bond donors (Lipinski definition) is 1. The van der Waals surface area contributed by atoms with Crippen molar-refractivity contribution in [1.82, 2.24) is 4.72 Å². The summed E-state index contributed by atoms with van der Waals surface area (Å²) in [5.74, 6) is 0. The van der Waals surface area contributed by atoms with Crippen molar-refractivity contribution in [2.75, 3.05) is 0 Å². The van der Waals surface area contributed by atoms with Crippen molar-refractivity contribution in [3.63, 3.8) is 0 Å². The Kier molecular flexibility index (Phi) is 3.15. The van der Waals surface area contributed by atoms with Gasteiger partial charge in [0.15, 0.2) is 0 Å². The van der Waals surface area contributed by atoms with Crippen LogP contribution in [0.2, 0.25) is 0 Å². The minimum Gasteiger partial charge on any atom is -0.451 e. The number of hydrogen-bond acceptors (Lipinski definition) is 3. The normalized spacial score (nSPS) is 12.3. The summed E-state index contributed by atoms with van der Waals surface area (Å²) in [5.41, 5.74) is 0. The Balaban J connectivity index is 3.02. The zero-order chi connectivity index (χ0) is 10.1. The van der Waals surface area contributed by atoms with Crippen molar-refractivity contribution < 1.29 is 12.8 Å². The highest BCUT2D eigenvalue weighted by molar-refractivity contribution is 9.10. The summed E-state index contributed by atoms with van der Waals surface area (Å²) in [5, 5.41) is -0.0822. The third kappa shape index (κ3) is 2.55. The van der Waals surface area contributed by atoms with Gasteiger partial charge in [0.05, 0.1) is 10.7 Å². The van der Waals surface area contributed by atoms with E-state index in [-0.39, 0.29) is 11.1 Å². The van der Waals surface area contributed by atoms with Crippen LogP contribution in [0.5, 0.6) is 0 Å². The second kappa shape index (κ2) is 3.81. The van der Waals surface area contributed by atoms with Crippen LogP contribution in [0.1, 0.15) is 13.8 Å². The predicted molar refractivity (Wildman–Crippen MR) is 51.9 cm³/mol. The van der Waals surface area contributed by atoms with E-state index >= 15 is 0 Å². The van der Waals surface area contributed by atoms with E-state index in [1.165, 1.54) is 12.3 Å². The Labute approximate surface area is 85.5 Å². The molecule has 6 heteroatoms. The van der Waals surface area contributed by atoms with Crippen molar-refractivity contribution in [2.24, 2.45) is 0 Å². The summed E-state index contributed by atoms with van der Waals surface area (Å²) in [7, 11) is -3.51. The maximum Gasteiger partial charge on any atom is 0.275 e. The van der Waals surface area contributed by atoms with E-state index in [9.17, 15) is 8.42 Å². The average molecular weight is 268 g/mol. The molecule has 0 aliphatic rings. The molecule has 74 valence electrons. The van der Waals surface area contributed by atoms with E-state index in [4.69, 9.17) is 4.42 Å². The Hall–Kier alpha value is -0.330. The van der Waals surface area contributed by atoms with Gasteiger partial charge in [-0.3, -0.25) is 0 Å². The highest BCUT2D eigenvalue weighted by atomic mass is 79.9. The Morgan fingerprint density at radius 1 is 1.54 bits per heavy atom. The molecule has 1 aromatic heterocycles. The van der Waals surface area contributed by atoms with Crippen LogP contribution in [0.4, 0.5) is 0 Å². The van der Waals surface area contributed by atoms with E-state index in [1.54, 1.807) is 13.8 Å². The summed E-state index contributed by atoms with van der Waals surface area (Å²) >= 11 is 3.08. The van der Waals surface area contributed by atoms with Crippen LogP contribution < -0.4 is 4.72 Å². The third-order valence-corrected chi connectivity index (χ3v) is 3.69. The molecule has 0 aliphatic heterocycles. The molecule has 0 aromatic carbocycles. The molecule has 0 fully saturated rings. The lowest BCUT2D eigenvalue weighted by atomic mass is 10.4. The fourth-order valence-corrected chi connectivity index (χ4v) is 2.91. The molecule has 1 aromatic rings. The lowest BCUT2D eigenvalue weighted by Gasteiger charge is -2.06. The molecule has 1 rings (SSSR count). The molecule has 0 atom stereocenters. The van der Waals surface area contributed by atoms with Crippen LogP contribution in [-0.4, -0.2) is 14.5 Å². The SMILES string of the molecule is CC(C)NS(=O)(=O)c1occc1Br. The number of sulfonamides is 1.